The number of benzene rings is 1. The van der Waals surface area contributed by atoms with Crippen molar-refractivity contribution in [1.82, 2.24) is 14.8 Å². The molecule has 5 rings (SSSR count). The minimum atomic E-state index is -1.19. The van der Waals surface area contributed by atoms with E-state index in [4.69, 9.17) is 9.15 Å². The standard InChI is InChI=1S/C25H24FN3O4/c26-20-7-5-18(6-8-20)15-28-10-12-33-25(24(28)31)17-29(23(30)13-21-4-2-11-32-21)16-22(25)19-3-1-9-27-14-19/h1-9,11,14,22H,10,12-13,15-17H2/t22-,25-/m1/s1. The third-order valence-electron chi connectivity index (χ3n) is 6.39. The molecule has 0 unspecified atom stereocenters. The van der Waals surface area contributed by atoms with E-state index in [1.165, 1.54) is 18.4 Å². The molecule has 8 heteroatoms. The van der Waals surface area contributed by atoms with Crippen LogP contribution in [0.2, 0.25) is 0 Å². The molecule has 4 heterocycles. The number of likely N-dealkylation sites (tertiary alicyclic amines) is 1. The normalized spacial score (nSPS) is 22.8. The lowest BCUT2D eigenvalue weighted by atomic mass is 9.83. The molecule has 0 saturated carbocycles. The highest BCUT2D eigenvalue weighted by molar-refractivity contribution is 5.90. The van der Waals surface area contributed by atoms with E-state index in [-0.39, 0.29) is 36.5 Å². The van der Waals surface area contributed by atoms with Crippen LogP contribution in [0.3, 0.4) is 0 Å². The van der Waals surface area contributed by atoms with Crippen LogP contribution in [0.4, 0.5) is 4.39 Å². The molecule has 3 aromatic rings. The molecule has 2 aliphatic heterocycles. The Morgan fingerprint density at radius 2 is 2.03 bits per heavy atom. The first-order valence-corrected chi connectivity index (χ1v) is 10.9. The molecule has 2 aliphatic rings. The number of rotatable bonds is 5. The van der Waals surface area contributed by atoms with Crippen LogP contribution in [-0.2, 0) is 27.3 Å². The first-order valence-electron chi connectivity index (χ1n) is 10.9. The van der Waals surface area contributed by atoms with Crippen LogP contribution in [0.5, 0.6) is 0 Å². The van der Waals surface area contributed by atoms with E-state index in [2.05, 4.69) is 4.98 Å². The van der Waals surface area contributed by atoms with Gasteiger partial charge in [0, 0.05) is 37.9 Å². The molecule has 2 fully saturated rings. The summed E-state index contributed by atoms with van der Waals surface area (Å²) in [6.07, 6.45) is 5.06. The molecular formula is C25H24FN3O4. The lowest BCUT2D eigenvalue weighted by Gasteiger charge is -2.42. The largest absolute Gasteiger partial charge is 0.469 e. The van der Waals surface area contributed by atoms with Gasteiger partial charge in [0.05, 0.1) is 25.8 Å². The Hall–Kier alpha value is -3.52. The Morgan fingerprint density at radius 1 is 1.18 bits per heavy atom. The van der Waals surface area contributed by atoms with E-state index in [1.54, 1.807) is 46.5 Å². The molecule has 1 spiro atoms. The molecule has 0 N–H and O–H groups in total. The summed E-state index contributed by atoms with van der Waals surface area (Å²) < 4.78 is 24.9. The Bertz CT molecular complexity index is 1120. The van der Waals surface area contributed by atoms with E-state index >= 15 is 0 Å². The fraction of sp³-hybridized carbons (Fsp3) is 0.320. The van der Waals surface area contributed by atoms with Crippen molar-refractivity contribution in [2.45, 2.75) is 24.5 Å². The second kappa shape index (κ2) is 8.78. The third kappa shape index (κ3) is 4.14. The number of furan rings is 1. The lowest BCUT2D eigenvalue weighted by molar-refractivity contribution is -0.173. The fourth-order valence-electron chi connectivity index (χ4n) is 4.74. The number of amides is 2. The van der Waals surface area contributed by atoms with Gasteiger partial charge in [0.25, 0.3) is 5.91 Å². The summed E-state index contributed by atoms with van der Waals surface area (Å²) in [6, 6.07) is 13.4. The quantitative estimate of drug-likeness (QED) is 0.599. The molecule has 2 aromatic heterocycles. The van der Waals surface area contributed by atoms with Gasteiger partial charge in [0.15, 0.2) is 5.60 Å². The van der Waals surface area contributed by atoms with Crippen molar-refractivity contribution < 1.29 is 23.1 Å². The van der Waals surface area contributed by atoms with Crippen LogP contribution in [-0.4, -0.2) is 58.4 Å². The molecule has 2 amide bonds. The summed E-state index contributed by atoms with van der Waals surface area (Å²) in [4.78, 5) is 34.5. The zero-order chi connectivity index (χ0) is 22.8. The highest BCUT2D eigenvalue weighted by Crippen LogP contribution is 2.42. The van der Waals surface area contributed by atoms with E-state index in [1.807, 2.05) is 12.1 Å². The summed E-state index contributed by atoms with van der Waals surface area (Å²) >= 11 is 0. The molecule has 33 heavy (non-hydrogen) atoms. The van der Waals surface area contributed by atoms with Crippen LogP contribution in [0.25, 0.3) is 0 Å². The number of pyridine rings is 1. The highest BCUT2D eigenvalue weighted by Gasteiger charge is 2.58. The van der Waals surface area contributed by atoms with Gasteiger partial charge in [-0.1, -0.05) is 18.2 Å². The second-order valence-corrected chi connectivity index (χ2v) is 8.46. The Morgan fingerprint density at radius 3 is 2.76 bits per heavy atom. The van der Waals surface area contributed by atoms with Gasteiger partial charge in [0.2, 0.25) is 5.91 Å². The molecule has 0 bridgehead atoms. The average molecular weight is 449 g/mol. The Labute approximate surface area is 190 Å². The van der Waals surface area contributed by atoms with Crippen LogP contribution >= 0.6 is 0 Å². The Kier molecular flexibility index (Phi) is 5.68. The van der Waals surface area contributed by atoms with Gasteiger partial charge in [0.1, 0.15) is 11.6 Å². The number of morpholine rings is 1. The van der Waals surface area contributed by atoms with Crippen LogP contribution in [0.15, 0.2) is 71.6 Å². The number of halogens is 1. The second-order valence-electron chi connectivity index (χ2n) is 8.46. The molecule has 0 aliphatic carbocycles. The fourth-order valence-corrected chi connectivity index (χ4v) is 4.74. The van der Waals surface area contributed by atoms with Crippen molar-refractivity contribution in [2.24, 2.45) is 0 Å². The molecule has 2 atom stereocenters. The van der Waals surface area contributed by atoms with Crippen molar-refractivity contribution in [1.29, 1.82) is 0 Å². The van der Waals surface area contributed by atoms with Gasteiger partial charge < -0.3 is 19.0 Å². The number of ether oxygens (including phenoxy) is 1. The maximum atomic E-state index is 13.8. The van der Waals surface area contributed by atoms with E-state index in [0.717, 1.165) is 11.1 Å². The molecular weight excluding hydrogens is 425 g/mol. The smallest absolute Gasteiger partial charge is 0.257 e. The topological polar surface area (TPSA) is 75.9 Å². The first kappa shape index (κ1) is 21.3. The minimum absolute atomic E-state index is 0.121. The first-order chi connectivity index (χ1) is 16.0. The van der Waals surface area contributed by atoms with E-state index in [9.17, 15) is 14.0 Å². The summed E-state index contributed by atoms with van der Waals surface area (Å²) in [5.74, 6) is -0.382. The van der Waals surface area contributed by atoms with Gasteiger partial charge in [-0.3, -0.25) is 14.6 Å². The monoisotopic (exact) mass is 449 g/mol. The van der Waals surface area contributed by atoms with Gasteiger partial charge in [-0.05, 0) is 41.5 Å². The van der Waals surface area contributed by atoms with E-state index in [0.29, 0.717) is 32.0 Å². The van der Waals surface area contributed by atoms with Crippen LogP contribution in [0, 0.1) is 5.82 Å². The van der Waals surface area contributed by atoms with Gasteiger partial charge in [-0.25, -0.2) is 4.39 Å². The number of aromatic nitrogens is 1. The zero-order valence-corrected chi connectivity index (χ0v) is 18.0. The predicted molar refractivity (Wildman–Crippen MR) is 116 cm³/mol. The van der Waals surface area contributed by atoms with Gasteiger partial charge in [-0.15, -0.1) is 0 Å². The van der Waals surface area contributed by atoms with Crippen molar-refractivity contribution in [2.75, 3.05) is 26.2 Å². The number of carbonyl (C=O) groups is 2. The van der Waals surface area contributed by atoms with E-state index < -0.39 is 5.60 Å². The number of nitrogens with zero attached hydrogens (tertiary/aromatic N) is 3. The zero-order valence-electron chi connectivity index (χ0n) is 18.0. The maximum absolute atomic E-state index is 13.8. The van der Waals surface area contributed by atoms with Gasteiger partial charge in [-0.2, -0.15) is 0 Å². The average Bonchev–Trinajstić information content (AvgIpc) is 3.48. The molecule has 1 aromatic carbocycles. The predicted octanol–water partition coefficient (Wildman–Crippen LogP) is 2.78. The van der Waals surface area contributed by atoms with Crippen molar-refractivity contribution in [3.8, 4) is 0 Å². The number of hydrogen-bond acceptors (Lipinski definition) is 5. The lowest BCUT2D eigenvalue weighted by Crippen LogP contribution is -2.60. The Balaban J connectivity index is 1.43. The van der Waals surface area contributed by atoms with Gasteiger partial charge >= 0.3 is 0 Å². The summed E-state index contributed by atoms with van der Waals surface area (Å²) in [5.41, 5.74) is 0.492. The summed E-state index contributed by atoms with van der Waals surface area (Å²) in [7, 11) is 0. The minimum Gasteiger partial charge on any atom is -0.469 e. The molecule has 2 saturated heterocycles. The summed E-state index contributed by atoms with van der Waals surface area (Å²) in [5, 5.41) is 0. The van der Waals surface area contributed by atoms with Crippen LogP contribution in [0.1, 0.15) is 22.8 Å². The van der Waals surface area contributed by atoms with Crippen molar-refractivity contribution >= 4 is 11.8 Å². The molecule has 170 valence electrons. The molecule has 7 nitrogen and oxygen atoms in total. The number of hydrogen-bond donors (Lipinski definition) is 0. The molecule has 0 radical (unpaired) electrons. The number of carbonyl (C=O) groups excluding carboxylic acids is 2. The summed E-state index contributed by atoms with van der Waals surface area (Å²) in [6.45, 7) is 1.64. The maximum Gasteiger partial charge on any atom is 0.257 e. The SMILES string of the molecule is O=C(Cc1ccco1)N1C[C@H](c2cccnc2)[C@@]2(C1)OCCN(Cc1ccc(F)cc1)C2=O. The van der Waals surface area contributed by atoms with Crippen molar-refractivity contribution in [3.63, 3.8) is 0 Å². The third-order valence-corrected chi connectivity index (χ3v) is 6.39. The van der Waals surface area contributed by atoms with Crippen molar-refractivity contribution in [3.05, 3.63) is 89.9 Å². The highest BCUT2D eigenvalue weighted by atomic mass is 19.1. The van der Waals surface area contributed by atoms with Crippen LogP contribution < -0.4 is 0 Å².